The largest absolute Gasteiger partial charge is 0.378 e. The van der Waals surface area contributed by atoms with E-state index in [2.05, 4.69) is 42.5 Å². The molecule has 2 N–H and O–H groups in total. The van der Waals surface area contributed by atoms with E-state index in [9.17, 15) is 4.79 Å². The minimum absolute atomic E-state index is 0.0293. The molecular formula is C23H38N4O2. The molecule has 6 nitrogen and oxygen atoms in total. The van der Waals surface area contributed by atoms with Gasteiger partial charge in [-0.1, -0.05) is 26.0 Å². The summed E-state index contributed by atoms with van der Waals surface area (Å²) < 4.78 is 5.98. The first-order chi connectivity index (χ1) is 13.9. The highest BCUT2D eigenvalue weighted by atomic mass is 16.5. The van der Waals surface area contributed by atoms with Crippen LogP contribution in [0.2, 0.25) is 0 Å². The van der Waals surface area contributed by atoms with Gasteiger partial charge in [0.2, 0.25) is 0 Å². The number of carbonyl (C=O) groups excluding carboxylic acids is 1. The highest BCUT2D eigenvalue weighted by molar-refractivity contribution is 5.94. The second kappa shape index (κ2) is 10.6. The Morgan fingerprint density at radius 2 is 2.00 bits per heavy atom. The SMILES string of the molecule is CCOC1CC(NC(=NC)NCCc2cccc(C(=O)N(C)C)c2)C1(CC)CC. The molecule has 1 amide bonds. The van der Waals surface area contributed by atoms with Gasteiger partial charge in [-0.15, -0.1) is 0 Å². The molecule has 1 aliphatic carbocycles. The van der Waals surface area contributed by atoms with Crippen molar-refractivity contribution in [2.24, 2.45) is 10.4 Å². The van der Waals surface area contributed by atoms with Crippen molar-refractivity contribution >= 4 is 11.9 Å². The lowest BCUT2D eigenvalue weighted by Gasteiger charge is -2.55. The van der Waals surface area contributed by atoms with E-state index in [0.29, 0.717) is 12.1 Å². The Hall–Kier alpha value is -2.08. The smallest absolute Gasteiger partial charge is 0.253 e. The summed E-state index contributed by atoms with van der Waals surface area (Å²) in [6.07, 6.45) is 4.36. The second-order valence-corrected chi connectivity index (χ2v) is 7.97. The molecule has 1 saturated carbocycles. The number of guanidine groups is 1. The Morgan fingerprint density at radius 3 is 2.59 bits per heavy atom. The van der Waals surface area contributed by atoms with E-state index < -0.39 is 0 Å². The fourth-order valence-corrected chi connectivity index (χ4v) is 4.39. The fraction of sp³-hybridized carbons (Fsp3) is 0.652. The third-order valence-electron chi connectivity index (χ3n) is 6.29. The van der Waals surface area contributed by atoms with E-state index in [4.69, 9.17) is 4.74 Å². The molecule has 0 spiro atoms. The molecule has 162 valence electrons. The summed E-state index contributed by atoms with van der Waals surface area (Å²) in [7, 11) is 5.36. The molecule has 1 aliphatic rings. The van der Waals surface area contributed by atoms with Crippen molar-refractivity contribution in [2.75, 3.05) is 34.3 Å². The van der Waals surface area contributed by atoms with E-state index in [0.717, 1.165) is 55.9 Å². The molecule has 0 saturated heterocycles. The molecule has 2 rings (SSSR count). The lowest BCUT2D eigenvalue weighted by Crippen LogP contribution is -2.65. The molecule has 1 aromatic carbocycles. The van der Waals surface area contributed by atoms with Crippen LogP contribution in [0.4, 0.5) is 0 Å². The van der Waals surface area contributed by atoms with Gasteiger partial charge in [-0.05, 0) is 50.3 Å². The van der Waals surface area contributed by atoms with Crippen LogP contribution in [0.5, 0.6) is 0 Å². The van der Waals surface area contributed by atoms with Gasteiger partial charge in [0.25, 0.3) is 5.91 Å². The second-order valence-electron chi connectivity index (χ2n) is 7.97. The summed E-state index contributed by atoms with van der Waals surface area (Å²) in [5.74, 6) is 0.860. The zero-order chi connectivity index (χ0) is 21.4. The molecule has 0 heterocycles. The van der Waals surface area contributed by atoms with Gasteiger partial charge in [0.1, 0.15) is 0 Å². The maximum Gasteiger partial charge on any atom is 0.253 e. The number of hydrogen-bond donors (Lipinski definition) is 2. The zero-order valence-electron chi connectivity index (χ0n) is 18.9. The van der Waals surface area contributed by atoms with Crippen molar-refractivity contribution in [3.05, 3.63) is 35.4 Å². The number of carbonyl (C=O) groups is 1. The maximum atomic E-state index is 12.1. The third kappa shape index (κ3) is 5.30. The molecule has 1 fully saturated rings. The van der Waals surface area contributed by atoms with Crippen molar-refractivity contribution in [1.29, 1.82) is 0 Å². The molecule has 0 bridgehead atoms. The Labute approximate surface area is 176 Å². The number of rotatable bonds is 9. The first kappa shape index (κ1) is 23.2. The molecule has 0 aliphatic heterocycles. The van der Waals surface area contributed by atoms with Gasteiger partial charge in [0.15, 0.2) is 5.96 Å². The summed E-state index contributed by atoms with van der Waals surface area (Å²) in [5.41, 5.74) is 2.04. The first-order valence-corrected chi connectivity index (χ1v) is 10.8. The monoisotopic (exact) mass is 402 g/mol. The van der Waals surface area contributed by atoms with Crippen LogP contribution in [0.25, 0.3) is 0 Å². The number of hydrogen-bond acceptors (Lipinski definition) is 3. The number of benzene rings is 1. The fourth-order valence-electron chi connectivity index (χ4n) is 4.39. The molecule has 0 aromatic heterocycles. The van der Waals surface area contributed by atoms with Crippen LogP contribution < -0.4 is 10.6 Å². The number of amides is 1. The standard InChI is InChI=1S/C23H38N4O2/c1-7-23(8-2)19(16-20(23)29-9-3)26-22(24-4)25-14-13-17-11-10-12-18(15-17)21(28)27(5)6/h10-12,15,19-20H,7-9,13-14,16H2,1-6H3,(H2,24,25,26). The number of aliphatic imine (C=N–C) groups is 1. The van der Waals surface area contributed by atoms with Crippen LogP contribution in [0.1, 0.15) is 56.0 Å². The van der Waals surface area contributed by atoms with Crippen molar-refractivity contribution in [2.45, 2.75) is 58.6 Å². The zero-order valence-corrected chi connectivity index (χ0v) is 18.9. The predicted octanol–water partition coefficient (Wildman–Crippen LogP) is 3.08. The molecule has 29 heavy (non-hydrogen) atoms. The average Bonchev–Trinajstić information content (AvgIpc) is 2.72. The van der Waals surface area contributed by atoms with E-state index in [-0.39, 0.29) is 11.3 Å². The first-order valence-electron chi connectivity index (χ1n) is 10.8. The molecule has 0 radical (unpaired) electrons. The van der Waals surface area contributed by atoms with Crippen molar-refractivity contribution in [1.82, 2.24) is 15.5 Å². The van der Waals surface area contributed by atoms with Crippen LogP contribution in [0.15, 0.2) is 29.3 Å². The lowest BCUT2D eigenvalue weighted by molar-refractivity contribution is -0.133. The summed E-state index contributed by atoms with van der Waals surface area (Å²) in [6.45, 7) is 8.09. The van der Waals surface area contributed by atoms with Crippen LogP contribution in [0.3, 0.4) is 0 Å². The van der Waals surface area contributed by atoms with Crippen LogP contribution >= 0.6 is 0 Å². The normalized spacial score (nSPS) is 20.7. The summed E-state index contributed by atoms with van der Waals surface area (Å²) in [6, 6.07) is 8.21. The van der Waals surface area contributed by atoms with E-state index >= 15 is 0 Å². The lowest BCUT2D eigenvalue weighted by atomic mass is 9.58. The van der Waals surface area contributed by atoms with Gasteiger partial charge in [0.05, 0.1) is 6.10 Å². The van der Waals surface area contributed by atoms with Gasteiger partial charge in [-0.25, -0.2) is 0 Å². The van der Waals surface area contributed by atoms with Gasteiger partial charge in [-0.2, -0.15) is 0 Å². The third-order valence-corrected chi connectivity index (χ3v) is 6.29. The molecular weight excluding hydrogens is 364 g/mol. The summed E-state index contributed by atoms with van der Waals surface area (Å²) in [5, 5.41) is 7.04. The Kier molecular flexibility index (Phi) is 8.50. The van der Waals surface area contributed by atoms with Crippen molar-refractivity contribution < 1.29 is 9.53 Å². The predicted molar refractivity (Wildman–Crippen MR) is 119 cm³/mol. The van der Waals surface area contributed by atoms with Crippen LogP contribution in [0, 0.1) is 5.41 Å². The van der Waals surface area contributed by atoms with Gasteiger partial charge >= 0.3 is 0 Å². The average molecular weight is 403 g/mol. The van der Waals surface area contributed by atoms with E-state index in [1.807, 2.05) is 25.2 Å². The number of nitrogens with zero attached hydrogens (tertiary/aromatic N) is 2. The minimum Gasteiger partial charge on any atom is -0.378 e. The molecule has 6 heteroatoms. The van der Waals surface area contributed by atoms with Crippen LogP contribution in [-0.2, 0) is 11.2 Å². The molecule has 2 atom stereocenters. The van der Waals surface area contributed by atoms with E-state index in [1.165, 1.54) is 0 Å². The summed E-state index contributed by atoms with van der Waals surface area (Å²) in [4.78, 5) is 18.2. The van der Waals surface area contributed by atoms with Crippen molar-refractivity contribution in [3.8, 4) is 0 Å². The number of nitrogens with one attached hydrogen (secondary N) is 2. The quantitative estimate of drug-likeness (QED) is 0.492. The molecule has 1 aromatic rings. The topological polar surface area (TPSA) is 66.0 Å². The Bertz CT molecular complexity index is 698. The maximum absolute atomic E-state index is 12.1. The van der Waals surface area contributed by atoms with Gasteiger partial charge < -0.3 is 20.3 Å². The summed E-state index contributed by atoms with van der Waals surface area (Å²) >= 11 is 0. The highest BCUT2D eigenvalue weighted by Crippen LogP contribution is 2.48. The van der Waals surface area contributed by atoms with Gasteiger partial charge in [-0.3, -0.25) is 9.79 Å². The number of ether oxygens (including phenoxy) is 1. The van der Waals surface area contributed by atoms with Gasteiger partial charge in [0, 0.05) is 51.3 Å². The molecule has 2 unspecified atom stereocenters. The minimum atomic E-state index is 0.0293. The van der Waals surface area contributed by atoms with E-state index in [1.54, 1.807) is 19.0 Å². The van der Waals surface area contributed by atoms with Crippen LogP contribution in [-0.4, -0.2) is 63.2 Å². The van der Waals surface area contributed by atoms with Crippen molar-refractivity contribution in [3.63, 3.8) is 0 Å². The Morgan fingerprint density at radius 1 is 1.28 bits per heavy atom. The Balaban J connectivity index is 1.90. The highest BCUT2D eigenvalue weighted by Gasteiger charge is 2.53.